The minimum atomic E-state index is -1.62. The topological polar surface area (TPSA) is 205 Å². The zero-order chi connectivity index (χ0) is 20.1. The summed E-state index contributed by atoms with van der Waals surface area (Å²) in [5.41, 5.74) is 5.36. The van der Waals surface area contributed by atoms with Gasteiger partial charge in [-0.1, -0.05) is 0 Å². The van der Waals surface area contributed by atoms with Crippen LogP contribution in [0.2, 0.25) is 0 Å². The van der Waals surface area contributed by atoms with Gasteiger partial charge in [0.15, 0.2) is 12.6 Å². The molecule has 0 unspecified atom stereocenters. The van der Waals surface area contributed by atoms with Crippen LogP contribution in [0.3, 0.4) is 0 Å². The third-order valence-corrected chi connectivity index (χ3v) is 4.57. The van der Waals surface area contributed by atoms with Crippen LogP contribution in [-0.4, -0.2) is 124 Å². The van der Waals surface area contributed by atoms with E-state index in [4.69, 9.17) is 29.8 Å². The highest BCUT2D eigenvalue weighted by atomic mass is 16.7. The summed E-state index contributed by atoms with van der Waals surface area (Å²) in [6, 6.07) is 0. The van der Waals surface area contributed by atoms with Gasteiger partial charge in [0.2, 0.25) is 0 Å². The highest BCUT2D eigenvalue weighted by Crippen LogP contribution is 2.25. The fourth-order valence-electron chi connectivity index (χ4n) is 2.87. The zero-order valence-electron chi connectivity index (χ0n) is 14.6. The van der Waals surface area contributed by atoms with Crippen LogP contribution in [0.4, 0.5) is 0 Å². The summed E-state index contributed by atoms with van der Waals surface area (Å²) in [4.78, 5) is 0. The number of hydrogen-bond donors (Lipinski definition) is 8. The fraction of sp³-hybridized carbons (Fsp3) is 1.00. The lowest BCUT2D eigenvalue weighted by atomic mass is 9.98. The van der Waals surface area contributed by atoms with Crippen molar-refractivity contribution in [3.05, 3.63) is 0 Å². The molecule has 2 fully saturated rings. The van der Waals surface area contributed by atoms with Crippen molar-refractivity contribution in [1.82, 2.24) is 0 Å². The van der Waals surface area contributed by atoms with Gasteiger partial charge in [-0.3, -0.25) is 0 Å². The van der Waals surface area contributed by atoms with Crippen molar-refractivity contribution in [3.8, 4) is 0 Å². The molecular weight excluding hydrogens is 370 g/mol. The summed E-state index contributed by atoms with van der Waals surface area (Å²) in [5.74, 6) is 0. The SMILES string of the molecule is NCCCO[C@@H]1O[C@H](CO[C@H]2O[C@H](CO)[C@H](O)[C@H](O)[C@H]2O)[C@@H](O)[C@H](O)[C@H]1O. The maximum Gasteiger partial charge on any atom is 0.186 e. The molecule has 2 saturated heterocycles. The lowest BCUT2D eigenvalue weighted by molar-refractivity contribution is -0.331. The Morgan fingerprint density at radius 1 is 0.704 bits per heavy atom. The monoisotopic (exact) mass is 399 g/mol. The Morgan fingerprint density at radius 3 is 1.78 bits per heavy atom. The maximum atomic E-state index is 10.1. The van der Waals surface area contributed by atoms with Crippen LogP contribution in [0, 0.1) is 0 Å². The molecule has 0 radical (unpaired) electrons. The molecule has 0 aromatic rings. The van der Waals surface area contributed by atoms with Crippen molar-refractivity contribution in [1.29, 1.82) is 0 Å². The van der Waals surface area contributed by atoms with Crippen LogP contribution in [0.25, 0.3) is 0 Å². The summed E-state index contributed by atoms with van der Waals surface area (Å²) in [7, 11) is 0. The first-order valence-corrected chi connectivity index (χ1v) is 8.75. The second-order valence-corrected chi connectivity index (χ2v) is 6.56. The first kappa shape index (κ1) is 22.8. The number of aliphatic hydroxyl groups excluding tert-OH is 7. The van der Waals surface area contributed by atoms with Gasteiger partial charge in [-0.2, -0.15) is 0 Å². The quantitative estimate of drug-likeness (QED) is 0.181. The Morgan fingerprint density at radius 2 is 1.22 bits per heavy atom. The van der Waals surface area contributed by atoms with E-state index in [-0.39, 0.29) is 6.61 Å². The average molecular weight is 399 g/mol. The van der Waals surface area contributed by atoms with E-state index in [9.17, 15) is 30.6 Å². The van der Waals surface area contributed by atoms with Crippen molar-refractivity contribution in [2.24, 2.45) is 5.73 Å². The third-order valence-electron chi connectivity index (χ3n) is 4.57. The van der Waals surface area contributed by atoms with Gasteiger partial charge >= 0.3 is 0 Å². The Kier molecular flexibility index (Phi) is 8.73. The number of ether oxygens (including phenoxy) is 4. The van der Waals surface area contributed by atoms with Crippen LogP contribution in [-0.2, 0) is 18.9 Å². The van der Waals surface area contributed by atoms with Gasteiger partial charge in [0.25, 0.3) is 0 Å². The molecule has 12 nitrogen and oxygen atoms in total. The van der Waals surface area contributed by atoms with E-state index in [1.54, 1.807) is 0 Å². The maximum absolute atomic E-state index is 10.1. The first-order chi connectivity index (χ1) is 12.8. The molecule has 0 saturated carbocycles. The highest BCUT2D eigenvalue weighted by Gasteiger charge is 2.47. The van der Waals surface area contributed by atoms with E-state index < -0.39 is 74.6 Å². The molecule has 0 aliphatic carbocycles. The molecule has 0 bridgehead atoms. The Bertz CT molecular complexity index is 442. The summed E-state index contributed by atoms with van der Waals surface area (Å²) < 4.78 is 21.2. The molecular formula is C15H29NO11. The molecule has 2 rings (SSSR count). The summed E-state index contributed by atoms with van der Waals surface area (Å²) >= 11 is 0. The molecule has 9 N–H and O–H groups in total. The smallest absolute Gasteiger partial charge is 0.186 e. The molecule has 2 heterocycles. The van der Waals surface area contributed by atoms with Crippen molar-refractivity contribution < 1.29 is 54.7 Å². The van der Waals surface area contributed by atoms with Crippen molar-refractivity contribution in [2.75, 3.05) is 26.4 Å². The van der Waals surface area contributed by atoms with Crippen molar-refractivity contribution >= 4 is 0 Å². The Hall–Kier alpha value is -0.480. The fourth-order valence-corrected chi connectivity index (χ4v) is 2.87. The van der Waals surface area contributed by atoms with Gasteiger partial charge in [0.05, 0.1) is 19.8 Å². The van der Waals surface area contributed by atoms with Crippen molar-refractivity contribution in [2.45, 2.75) is 67.8 Å². The minimum absolute atomic E-state index is 0.168. The van der Waals surface area contributed by atoms with Gasteiger partial charge < -0.3 is 60.4 Å². The summed E-state index contributed by atoms with van der Waals surface area (Å²) in [6.45, 7) is -0.487. The molecule has 12 heteroatoms. The molecule has 0 spiro atoms. The zero-order valence-corrected chi connectivity index (χ0v) is 14.6. The van der Waals surface area contributed by atoms with Gasteiger partial charge in [0.1, 0.15) is 48.8 Å². The molecule has 0 amide bonds. The van der Waals surface area contributed by atoms with E-state index in [0.29, 0.717) is 13.0 Å². The van der Waals surface area contributed by atoms with Gasteiger partial charge in [-0.05, 0) is 13.0 Å². The standard InChI is InChI=1S/C15H29NO11/c16-2-1-3-24-14-12(22)11(21)9(19)7(27-14)5-25-15-13(23)10(20)8(18)6(4-17)26-15/h6-15,17-23H,1-5,16H2/t6-,7-,8+,9-,10+,11+,12-,13-,14-,15+/m1/s1. The number of rotatable bonds is 8. The highest BCUT2D eigenvalue weighted by molar-refractivity contribution is 4.91. The summed E-state index contributed by atoms with van der Waals surface area (Å²) in [5, 5.41) is 68.5. The molecule has 160 valence electrons. The van der Waals surface area contributed by atoms with Gasteiger partial charge in [-0.25, -0.2) is 0 Å². The van der Waals surface area contributed by atoms with E-state index in [0.717, 1.165) is 0 Å². The van der Waals surface area contributed by atoms with Crippen LogP contribution in [0.1, 0.15) is 6.42 Å². The molecule has 27 heavy (non-hydrogen) atoms. The lowest BCUT2D eigenvalue weighted by Crippen LogP contribution is -2.61. The molecule has 2 aliphatic heterocycles. The Labute approximate surface area is 155 Å². The molecule has 0 aromatic carbocycles. The van der Waals surface area contributed by atoms with Gasteiger partial charge in [0, 0.05) is 0 Å². The van der Waals surface area contributed by atoms with Crippen LogP contribution >= 0.6 is 0 Å². The van der Waals surface area contributed by atoms with Crippen LogP contribution < -0.4 is 5.73 Å². The lowest BCUT2D eigenvalue weighted by Gasteiger charge is -2.42. The molecule has 2 aliphatic rings. The number of nitrogens with two attached hydrogens (primary N) is 1. The van der Waals surface area contributed by atoms with E-state index in [1.165, 1.54) is 0 Å². The molecule has 0 aromatic heterocycles. The largest absolute Gasteiger partial charge is 0.394 e. The van der Waals surface area contributed by atoms with Crippen molar-refractivity contribution in [3.63, 3.8) is 0 Å². The van der Waals surface area contributed by atoms with Crippen LogP contribution in [0.15, 0.2) is 0 Å². The predicted octanol–water partition coefficient (Wildman–Crippen LogP) is -5.02. The third kappa shape index (κ3) is 5.32. The minimum Gasteiger partial charge on any atom is -0.394 e. The predicted molar refractivity (Wildman–Crippen MR) is 86.0 cm³/mol. The normalized spacial score (nSPS) is 45.8. The molecule has 10 atom stereocenters. The van der Waals surface area contributed by atoms with E-state index in [2.05, 4.69) is 0 Å². The second-order valence-electron chi connectivity index (χ2n) is 6.56. The Balaban J connectivity index is 1.94. The first-order valence-electron chi connectivity index (χ1n) is 8.75. The van der Waals surface area contributed by atoms with E-state index >= 15 is 0 Å². The number of hydrogen-bond acceptors (Lipinski definition) is 12. The van der Waals surface area contributed by atoms with E-state index in [1.807, 2.05) is 0 Å². The average Bonchev–Trinajstić information content (AvgIpc) is 2.66. The summed E-state index contributed by atoms with van der Waals surface area (Å²) in [6.07, 6.45) is -13.8. The van der Waals surface area contributed by atoms with Crippen LogP contribution in [0.5, 0.6) is 0 Å². The number of aliphatic hydroxyl groups is 7. The van der Waals surface area contributed by atoms with Gasteiger partial charge in [-0.15, -0.1) is 0 Å². The second kappa shape index (κ2) is 10.3.